The highest BCUT2D eigenvalue weighted by atomic mass is 32.2. The van der Waals surface area contributed by atoms with Gasteiger partial charge >= 0.3 is 0 Å². The van der Waals surface area contributed by atoms with E-state index in [9.17, 15) is 17.2 Å². The standard InChI is InChI=1S/C19H18F2N2O2S2/c1-12-3-2-4-13(7-12)9-26-19-22-16-10-27(24,25)11-18(16)23(19)17-6-5-14(20)8-15(17)21/h2-8,16,18H,9-11H2,1H3/t16-,18-/m1/s1. The molecule has 0 saturated carbocycles. The zero-order valence-electron chi connectivity index (χ0n) is 14.6. The first-order valence-electron chi connectivity index (χ1n) is 8.53. The van der Waals surface area contributed by atoms with Crippen LogP contribution in [0.2, 0.25) is 0 Å². The summed E-state index contributed by atoms with van der Waals surface area (Å²) in [4.78, 5) is 6.20. The number of rotatable bonds is 3. The van der Waals surface area contributed by atoms with E-state index in [0.29, 0.717) is 10.9 Å². The first-order valence-corrected chi connectivity index (χ1v) is 11.3. The van der Waals surface area contributed by atoms with Crippen LogP contribution in [-0.2, 0) is 15.6 Å². The number of aliphatic imine (C=N–C) groups is 1. The molecule has 2 aliphatic heterocycles. The van der Waals surface area contributed by atoms with Crippen molar-refractivity contribution in [2.24, 2.45) is 4.99 Å². The van der Waals surface area contributed by atoms with Crippen LogP contribution < -0.4 is 4.90 Å². The van der Waals surface area contributed by atoms with Gasteiger partial charge < -0.3 is 4.90 Å². The third kappa shape index (κ3) is 3.73. The number of anilines is 1. The number of halogens is 2. The Kier molecular flexibility index (Phi) is 4.71. The van der Waals surface area contributed by atoms with Gasteiger partial charge in [0, 0.05) is 11.8 Å². The van der Waals surface area contributed by atoms with E-state index < -0.39 is 33.6 Å². The largest absolute Gasteiger partial charge is 0.312 e. The minimum atomic E-state index is -3.22. The lowest BCUT2D eigenvalue weighted by molar-refractivity contribution is 0.577. The molecule has 0 N–H and O–H groups in total. The highest BCUT2D eigenvalue weighted by Gasteiger charge is 2.47. The quantitative estimate of drug-likeness (QED) is 0.779. The molecule has 2 aromatic rings. The summed E-state index contributed by atoms with van der Waals surface area (Å²) in [6, 6.07) is 10.5. The molecule has 142 valence electrons. The van der Waals surface area contributed by atoms with E-state index in [1.807, 2.05) is 25.1 Å². The molecule has 1 fully saturated rings. The predicted molar refractivity (Wildman–Crippen MR) is 105 cm³/mol. The minimum absolute atomic E-state index is 0.0362. The molecule has 0 amide bonds. The number of fused-ring (bicyclic) bond motifs is 1. The normalized spacial score (nSPS) is 23.4. The van der Waals surface area contributed by atoms with Crippen LogP contribution >= 0.6 is 11.8 Å². The fraction of sp³-hybridized carbons (Fsp3) is 0.316. The summed E-state index contributed by atoms with van der Waals surface area (Å²) >= 11 is 1.44. The highest BCUT2D eigenvalue weighted by Crippen LogP contribution is 2.37. The first kappa shape index (κ1) is 18.4. The molecule has 0 radical (unpaired) electrons. The van der Waals surface area contributed by atoms with Crippen LogP contribution in [0, 0.1) is 18.6 Å². The van der Waals surface area contributed by atoms with Crippen molar-refractivity contribution in [1.29, 1.82) is 0 Å². The second-order valence-electron chi connectivity index (χ2n) is 6.87. The van der Waals surface area contributed by atoms with Crippen molar-refractivity contribution >= 4 is 32.5 Å². The van der Waals surface area contributed by atoms with Crippen LogP contribution in [0.5, 0.6) is 0 Å². The van der Waals surface area contributed by atoms with Crippen LogP contribution in [0.1, 0.15) is 11.1 Å². The summed E-state index contributed by atoms with van der Waals surface area (Å²) in [5, 5.41) is 0.576. The molecule has 4 nitrogen and oxygen atoms in total. The summed E-state index contributed by atoms with van der Waals surface area (Å²) < 4.78 is 51.8. The van der Waals surface area contributed by atoms with E-state index in [-0.39, 0.29) is 17.2 Å². The van der Waals surface area contributed by atoms with Crippen LogP contribution in [0.15, 0.2) is 47.5 Å². The Morgan fingerprint density at radius 1 is 1.19 bits per heavy atom. The van der Waals surface area contributed by atoms with E-state index >= 15 is 0 Å². The third-order valence-corrected chi connectivity index (χ3v) is 7.46. The van der Waals surface area contributed by atoms with Gasteiger partial charge in [-0.15, -0.1) is 0 Å². The second kappa shape index (κ2) is 6.91. The van der Waals surface area contributed by atoms with Gasteiger partial charge in [-0.2, -0.15) is 0 Å². The average Bonchev–Trinajstić information content (AvgIpc) is 3.05. The van der Waals surface area contributed by atoms with Gasteiger partial charge in [0.2, 0.25) is 0 Å². The van der Waals surface area contributed by atoms with Crippen molar-refractivity contribution in [2.75, 3.05) is 16.4 Å². The molecule has 2 atom stereocenters. The van der Waals surface area contributed by atoms with Crippen LogP contribution in [-0.4, -0.2) is 37.2 Å². The third-order valence-electron chi connectivity index (χ3n) is 4.73. The summed E-state index contributed by atoms with van der Waals surface area (Å²) in [5.74, 6) is -0.870. The molecule has 2 aromatic carbocycles. The number of nitrogens with zero attached hydrogens (tertiary/aromatic N) is 2. The number of thioether (sulfide) groups is 1. The molecule has 4 rings (SSSR count). The minimum Gasteiger partial charge on any atom is -0.312 e. The van der Waals surface area contributed by atoms with Crippen molar-refractivity contribution in [2.45, 2.75) is 24.8 Å². The molecular formula is C19H18F2N2O2S2. The van der Waals surface area contributed by atoms with Crippen LogP contribution in [0.25, 0.3) is 0 Å². The van der Waals surface area contributed by atoms with Crippen molar-refractivity contribution in [3.05, 3.63) is 65.2 Å². The first-order chi connectivity index (χ1) is 12.8. The molecule has 27 heavy (non-hydrogen) atoms. The summed E-state index contributed by atoms with van der Waals surface area (Å²) in [6.07, 6.45) is 0. The van der Waals surface area contributed by atoms with Crippen molar-refractivity contribution in [3.63, 3.8) is 0 Å². The van der Waals surface area contributed by atoms with Gasteiger partial charge in [0.05, 0.1) is 29.3 Å². The SMILES string of the molecule is Cc1cccc(CSC2=N[C@@H]3CS(=O)(=O)C[C@H]3N2c2ccc(F)cc2F)c1. The Morgan fingerprint density at radius 2 is 2.00 bits per heavy atom. The van der Waals surface area contributed by atoms with Crippen molar-refractivity contribution in [1.82, 2.24) is 0 Å². The lowest BCUT2D eigenvalue weighted by Gasteiger charge is -2.26. The maximum atomic E-state index is 14.4. The zero-order valence-corrected chi connectivity index (χ0v) is 16.2. The number of hydrogen-bond acceptors (Lipinski definition) is 5. The maximum Gasteiger partial charge on any atom is 0.164 e. The summed E-state index contributed by atoms with van der Waals surface area (Å²) in [5.41, 5.74) is 2.41. The van der Waals surface area contributed by atoms with Crippen LogP contribution in [0.3, 0.4) is 0 Å². The highest BCUT2D eigenvalue weighted by molar-refractivity contribution is 8.13. The molecule has 8 heteroatoms. The lowest BCUT2D eigenvalue weighted by atomic mass is 10.1. The number of hydrogen-bond donors (Lipinski definition) is 0. The Balaban J connectivity index is 1.65. The average molecular weight is 408 g/mol. The Labute approximate surface area is 161 Å². The Hall–Kier alpha value is -1.93. The van der Waals surface area contributed by atoms with E-state index in [1.54, 1.807) is 4.90 Å². The van der Waals surface area contributed by atoms with E-state index in [2.05, 4.69) is 11.1 Å². The van der Waals surface area contributed by atoms with Crippen molar-refractivity contribution < 1.29 is 17.2 Å². The van der Waals surface area contributed by atoms with Gasteiger partial charge in [-0.25, -0.2) is 17.2 Å². The van der Waals surface area contributed by atoms with Gasteiger partial charge in [0.15, 0.2) is 15.0 Å². The predicted octanol–water partition coefficient (Wildman–Crippen LogP) is 3.55. The number of amidine groups is 1. The Morgan fingerprint density at radius 3 is 2.74 bits per heavy atom. The monoisotopic (exact) mass is 408 g/mol. The topological polar surface area (TPSA) is 49.7 Å². The molecule has 0 spiro atoms. The van der Waals surface area contributed by atoms with E-state index in [0.717, 1.165) is 17.2 Å². The second-order valence-corrected chi connectivity index (χ2v) is 9.96. The molecule has 0 aliphatic carbocycles. The maximum absolute atomic E-state index is 14.4. The Bertz CT molecular complexity index is 1020. The van der Waals surface area contributed by atoms with Crippen LogP contribution in [0.4, 0.5) is 14.5 Å². The molecular weight excluding hydrogens is 390 g/mol. The summed E-state index contributed by atoms with van der Waals surface area (Å²) in [6.45, 7) is 2.01. The molecule has 2 heterocycles. The smallest absolute Gasteiger partial charge is 0.164 e. The number of sulfone groups is 1. The zero-order chi connectivity index (χ0) is 19.2. The van der Waals surface area contributed by atoms with Gasteiger partial charge in [-0.3, -0.25) is 4.99 Å². The number of benzene rings is 2. The number of aryl methyl sites for hydroxylation is 1. The molecule has 0 bridgehead atoms. The lowest BCUT2D eigenvalue weighted by Crippen LogP contribution is -2.39. The van der Waals surface area contributed by atoms with Crippen molar-refractivity contribution in [3.8, 4) is 0 Å². The van der Waals surface area contributed by atoms with E-state index in [1.165, 1.54) is 23.9 Å². The van der Waals surface area contributed by atoms with Gasteiger partial charge in [-0.05, 0) is 24.6 Å². The fourth-order valence-electron chi connectivity index (χ4n) is 3.54. The van der Waals surface area contributed by atoms with E-state index in [4.69, 9.17) is 0 Å². The molecule has 0 unspecified atom stereocenters. The fourth-order valence-corrected chi connectivity index (χ4v) is 6.44. The van der Waals surface area contributed by atoms with Gasteiger partial charge in [-0.1, -0.05) is 41.6 Å². The molecule has 2 aliphatic rings. The van der Waals surface area contributed by atoms with Gasteiger partial charge in [0.25, 0.3) is 0 Å². The molecule has 0 aromatic heterocycles. The van der Waals surface area contributed by atoms with Gasteiger partial charge in [0.1, 0.15) is 11.6 Å². The molecule has 1 saturated heterocycles. The summed E-state index contributed by atoms with van der Waals surface area (Å²) in [7, 11) is -3.22.